The maximum absolute atomic E-state index is 13.5. The highest BCUT2D eigenvalue weighted by Crippen LogP contribution is 2.37. The van der Waals surface area contributed by atoms with E-state index in [9.17, 15) is 9.59 Å². The number of hydrogen-bond donors (Lipinski definition) is 1. The van der Waals surface area contributed by atoms with Crippen molar-refractivity contribution in [1.29, 1.82) is 0 Å². The second-order valence-corrected chi connectivity index (χ2v) is 9.62. The van der Waals surface area contributed by atoms with Crippen LogP contribution >= 0.6 is 11.6 Å². The van der Waals surface area contributed by atoms with Crippen LogP contribution in [-0.4, -0.2) is 36.6 Å². The van der Waals surface area contributed by atoms with Crippen molar-refractivity contribution >= 4 is 34.2 Å². The van der Waals surface area contributed by atoms with Crippen LogP contribution in [0.3, 0.4) is 0 Å². The standard InChI is InChI=1S/C29H29ClN2O3/c1-35-29(34)26(23-12-6-8-20-7-2-3-9-22(20)23)31-27-24-10-4-5-11-25(24)28(33)32(27)18-17-19-13-15-21(30)16-14-19/h2-3,6-9,12-16,26-27,31H,4-5,10-11,17-18H2,1H3/t26-,27+/m1/s1. The van der Waals surface area contributed by atoms with E-state index in [-0.39, 0.29) is 18.0 Å². The fraction of sp³-hybridized carbons (Fsp3) is 0.310. The Balaban J connectivity index is 1.48. The highest BCUT2D eigenvalue weighted by Gasteiger charge is 2.41. The van der Waals surface area contributed by atoms with Gasteiger partial charge in [-0.1, -0.05) is 66.2 Å². The minimum Gasteiger partial charge on any atom is -0.468 e. The number of carbonyl (C=O) groups is 2. The summed E-state index contributed by atoms with van der Waals surface area (Å²) in [5, 5.41) is 6.29. The predicted octanol–water partition coefficient (Wildman–Crippen LogP) is 5.58. The molecule has 0 saturated heterocycles. The summed E-state index contributed by atoms with van der Waals surface area (Å²) in [6.45, 7) is 0.550. The molecule has 0 bridgehead atoms. The van der Waals surface area contributed by atoms with E-state index in [1.165, 1.54) is 7.11 Å². The number of fused-ring (bicyclic) bond motifs is 1. The van der Waals surface area contributed by atoms with E-state index in [0.717, 1.165) is 58.7 Å². The zero-order valence-electron chi connectivity index (χ0n) is 19.8. The van der Waals surface area contributed by atoms with Crippen molar-refractivity contribution in [1.82, 2.24) is 10.2 Å². The largest absolute Gasteiger partial charge is 0.468 e. The summed E-state index contributed by atoms with van der Waals surface area (Å²) in [6.07, 6.45) is 4.09. The van der Waals surface area contributed by atoms with Gasteiger partial charge in [0.25, 0.3) is 5.91 Å². The van der Waals surface area contributed by atoms with Crippen molar-refractivity contribution in [3.63, 3.8) is 0 Å². The molecular formula is C29H29ClN2O3. The van der Waals surface area contributed by atoms with Crippen LogP contribution in [0.15, 0.2) is 77.9 Å². The van der Waals surface area contributed by atoms with Crippen molar-refractivity contribution in [2.24, 2.45) is 0 Å². The van der Waals surface area contributed by atoms with Crippen LogP contribution in [0.2, 0.25) is 5.02 Å². The van der Waals surface area contributed by atoms with Gasteiger partial charge in [0.2, 0.25) is 0 Å². The van der Waals surface area contributed by atoms with Crippen LogP contribution in [0.1, 0.15) is 42.9 Å². The van der Waals surface area contributed by atoms with E-state index < -0.39 is 6.04 Å². The van der Waals surface area contributed by atoms with Gasteiger partial charge in [-0.15, -0.1) is 0 Å². The van der Waals surface area contributed by atoms with Gasteiger partial charge >= 0.3 is 5.97 Å². The molecule has 0 unspecified atom stereocenters. The summed E-state index contributed by atoms with van der Waals surface area (Å²) in [5.41, 5.74) is 3.99. The second-order valence-electron chi connectivity index (χ2n) is 9.18. The van der Waals surface area contributed by atoms with Gasteiger partial charge in [-0.2, -0.15) is 0 Å². The first-order valence-electron chi connectivity index (χ1n) is 12.2. The Labute approximate surface area is 210 Å². The van der Waals surface area contributed by atoms with E-state index in [1.54, 1.807) is 0 Å². The van der Waals surface area contributed by atoms with Crippen LogP contribution in [0.5, 0.6) is 0 Å². The third kappa shape index (κ3) is 4.71. The number of nitrogens with one attached hydrogen (secondary N) is 1. The third-order valence-corrected chi connectivity index (χ3v) is 7.37. The molecule has 1 aliphatic carbocycles. The number of esters is 1. The molecule has 0 fully saturated rings. The molecule has 2 atom stereocenters. The van der Waals surface area contributed by atoms with Crippen molar-refractivity contribution in [3.8, 4) is 0 Å². The van der Waals surface area contributed by atoms with E-state index >= 15 is 0 Å². The lowest BCUT2D eigenvalue weighted by atomic mass is 9.91. The Morgan fingerprint density at radius 3 is 2.60 bits per heavy atom. The van der Waals surface area contributed by atoms with Gasteiger partial charge in [-0.3, -0.25) is 10.1 Å². The van der Waals surface area contributed by atoms with Gasteiger partial charge in [0.1, 0.15) is 12.2 Å². The summed E-state index contributed by atoms with van der Waals surface area (Å²) in [7, 11) is 1.41. The molecule has 1 N–H and O–H groups in total. The summed E-state index contributed by atoms with van der Waals surface area (Å²) in [4.78, 5) is 28.5. The minimum atomic E-state index is -0.698. The van der Waals surface area contributed by atoms with Crippen LogP contribution in [0.25, 0.3) is 10.8 Å². The lowest BCUT2D eigenvalue weighted by molar-refractivity contribution is -0.144. The molecule has 5 nitrogen and oxygen atoms in total. The highest BCUT2D eigenvalue weighted by molar-refractivity contribution is 6.30. The quantitative estimate of drug-likeness (QED) is 0.441. The number of rotatable bonds is 7. The lowest BCUT2D eigenvalue weighted by Crippen LogP contribution is -2.49. The number of nitrogens with zero attached hydrogens (tertiary/aromatic N) is 1. The van der Waals surface area contributed by atoms with Crippen LogP contribution < -0.4 is 5.32 Å². The normalized spacial score (nSPS) is 18.6. The van der Waals surface area contributed by atoms with Crippen LogP contribution in [-0.2, 0) is 20.7 Å². The van der Waals surface area contributed by atoms with Crippen molar-refractivity contribution in [2.45, 2.75) is 44.3 Å². The predicted molar refractivity (Wildman–Crippen MR) is 138 cm³/mol. The molecule has 0 radical (unpaired) electrons. The second kappa shape index (κ2) is 10.2. The van der Waals surface area contributed by atoms with Crippen molar-refractivity contribution < 1.29 is 14.3 Å². The number of carbonyl (C=O) groups excluding carboxylic acids is 2. The van der Waals surface area contributed by atoms with Crippen molar-refractivity contribution in [2.75, 3.05) is 13.7 Å². The first-order valence-corrected chi connectivity index (χ1v) is 12.5. The molecule has 1 aliphatic heterocycles. The molecule has 1 heterocycles. The minimum absolute atomic E-state index is 0.0766. The number of ether oxygens (including phenoxy) is 1. The fourth-order valence-corrected chi connectivity index (χ4v) is 5.46. The Kier molecular flexibility index (Phi) is 6.89. The summed E-state index contributed by atoms with van der Waals surface area (Å²) < 4.78 is 5.23. The smallest absolute Gasteiger partial charge is 0.327 e. The Morgan fingerprint density at radius 1 is 1.06 bits per heavy atom. The molecular weight excluding hydrogens is 460 g/mol. The molecule has 0 aromatic heterocycles. The molecule has 35 heavy (non-hydrogen) atoms. The number of halogens is 1. The summed E-state index contributed by atoms with van der Waals surface area (Å²) >= 11 is 6.04. The molecule has 0 saturated carbocycles. The zero-order valence-corrected chi connectivity index (χ0v) is 20.6. The van der Waals surface area contributed by atoms with Gasteiger partial charge in [-0.25, -0.2) is 4.79 Å². The highest BCUT2D eigenvalue weighted by atomic mass is 35.5. The van der Waals surface area contributed by atoms with Crippen LogP contribution in [0, 0.1) is 0 Å². The lowest BCUT2D eigenvalue weighted by Gasteiger charge is -2.32. The van der Waals surface area contributed by atoms with Gasteiger partial charge < -0.3 is 9.64 Å². The average molecular weight is 489 g/mol. The van der Waals surface area contributed by atoms with Gasteiger partial charge in [0, 0.05) is 17.1 Å². The third-order valence-electron chi connectivity index (χ3n) is 7.12. The van der Waals surface area contributed by atoms with Crippen molar-refractivity contribution in [3.05, 3.63) is 94.0 Å². The average Bonchev–Trinajstić information content (AvgIpc) is 3.16. The van der Waals surface area contributed by atoms with Gasteiger partial charge in [0.05, 0.1) is 7.11 Å². The van der Waals surface area contributed by atoms with Crippen LogP contribution in [0.4, 0.5) is 0 Å². The first kappa shape index (κ1) is 23.6. The Hall–Kier alpha value is -3.15. The molecule has 180 valence electrons. The summed E-state index contributed by atoms with van der Waals surface area (Å²) in [5.74, 6) is -0.288. The Morgan fingerprint density at radius 2 is 1.80 bits per heavy atom. The maximum atomic E-state index is 13.5. The topological polar surface area (TPSA) is 58.6 Å². The molecule has 0 spiro atoms. The summed E-state index contributed by atoms with van der Waals surface area (Å²) in [6, 6.07) is 21.0. The monoisotopic (exact) mass is 488 g/mol. The SMILES string of the molecule is COC(=O)[C@H](N[C@@H]1C2=C(CCCC2)C(=O)N1CCc1ccc(Cl)cc1)c1cccc2ccccc12. The number of amides is 1. The van der Waals surface area contributed by atoms with E-state index in [4.69, 9.17) is 16.3 Å². The van der Waals surface area contributed by atoms with E-state index in [1.807, 2.05) is 71.6 Å². The number of hydrogen-bond acceptors (Lipinski definition) is 4. The fourth-order valence-electron chi connectivity index (χ4n) is 5.34. The zero-order chi connectivity index (χ0) is 24.4. The Bertz CT molecular complexity index is 1280. The molecule has 3 aromatic carbocycles. The molecule has 6 heteroatoms. The molecule has 1 amide bonds. The van der Waals surface area contributed by atoms with Gasteiger partial charge in [0.15, 0.2) is 0 Å². The number of methoxy groups -OCH3 is 1. The van der Waals surface area contributed by atoms with Gasteiger partial charge in [-0.05, 0) is 71.7 Å². The maximum Gasteiger partial charge on any atom is 0.327 e. The molecule has 5 rings (SSSR count). The first-order chi connectivity index (χ1) is 17.1. The molecule has 2 aliphatic rings. The number of benzene rings is 3. The van der Waals surface area contributed by atoms with E-state index in [2.05, 4.69) is 5.32 Å². The molecule has 3 aromatic rings. The van der Waals surface area contributed by atoms with E-state index in [0.29, 0.717) is 18.0 Å².